The fourth-order valence-electron chi connectivity index (χ4n) is 3.19. The van der Waals surface area contributed by atoms with Crippen molar-refractivity contribution in [1.82, 2.24) is 10.3 Å². The van der Waals surface area contributed by atoms with Gasteiger partial charge in [-0.25, -0.2) is 4.39 Å². The molecule has 1 aliphatic rings. The molecule has 0 unspecified atom stereocenters. The van der Waals surface area contributed by atoms with Gasteiger partial charge in [0, 0.05) is 17.1 Å². The maximum Gasteiger partial charge on any atom is 0.165 e. The molecule has 1 fully saturated rings. The van der Waals surface area contributed by atoms with Crippen LogP contribution in [0.4, 0.5) is 4.39 Å². The van der Waals surface area contributed by atoms with Gasteiger partial charge in [0.25, 0.3) is 0 Å². The summed E-state index contributed by atoms with van der Waals surface area (Å²) in [5, 5.41) is 4.76. The largest absolute Gasteiger partial charge is 0.487 e. The molecule has 2 aromatic carbocycles. The Labute approximate surface area is 150 Å². The summed E-state index contributed by atoms with van der Waals surface area (Å²) in [6.45, 7) is 1.81. The van der Waals surface area contributed by atoms with Crippen LogP contribution in [0.2, 0.25) is 5.02 Å². The average molecular weight is 357 g/mol. The topological polar surface area (TPSA) is 34.1 Å². The van der Waals surface area contributed by atoms with Gasteiger partial charge in [0.1, 0.15) is 6.10 Å². The van der Waals surface area contributed by atoms with Gasteiger partial charge < -0.3 is 10.1 Å². The highest BCUT2D eigenvalue weighted by molar-refractivity contribution is 6.37. The first kappa shape index (κ1) is 16.3. The number of piperidine rings is 1. The number of nitrogens with one attached hydrogen (secondary N) is 1. The molecule has 128 valence electrons. The molecule has 1 aromatic heterocycles. The summed E-state index contributed by atoms with van der Waals surface area (Å²) in [6, 6.07) is 12.7. The zero-order valence-electron chi connectivity index (χ0n) is 13.6. The van der Waals surface area contributed by atoms with Gasteiger partial charge in [-0.05, 0) is 49.7 Å². The molecule has 0 spiro atoms. The van der Waals surface area contributed by atoms with Crippen molar-refractivity contribution < 1.29 is 9.13 Å². The van der Waals surface area contributed by atoms with Gasteiger partial charge in [-0.1, -0.05) is 35.9 Å². The number of hydrogen-bond acceptors (Lipinski definition) is 3. The molecule has 0 saturated carbocycles. The first-order valence-electron chi connectivity index (χ1n) is 8.43. The highest BCUT2D eigenvalue weighted by Crippen LogP contribution is 2.35. The lowest BCUT2D eigenvalue weighted by Crippen LogP contribution is -2.34. The van der Waals surface area contributed by atoms with Crippen LogP contribution in [0.15, 0.2) is 48.7 Å². The van der Waals surface area contributed by atoms with E-state index in [1.54, 1.807) is 12.3 Å². The van der Waals surface area contributed by atoms with Crippen molar-refractivity contribution in [3.05, 3.63) is 59.5 Å². The Morgan fingerprint density at radius 2 is 1.96 bits per heavy atom. The first-order chi connectivity index (χ1) is 12.2. The zero-order chi connectivity index (χ0) is 17.2. The second-order valence-corrected chi connectivity index (χ2v) is 6.59. The number of aromatic nitrogens is 1. The number of hydrogen-bond donors (Lipinski definition) is 1. The number of nitrogens with zero attached hydrogens (tertiary/aromatic N) is 1. The molecule has 5 heteroatoms. The second kappa shape index (κ2) is 6.98. The van der Waals surface area contributed by atoms with Crippen LogP contribution < -0.4 is 10.1 Å². The van der Waals surface area contributed by atoms with Crippen LogP contribution in [0.5, 0.6) is 5.75 Å². The van der Waals surface area contributed by atoms with Crippen molar-refractivity contribution in [1.29, 1.82) is 0 Å². The van der Waals surface area contributed by atoms with E-state index in [2.05, 4.69) is 10.3 Å². The number of rotatable bonds is 3. The molecular weight excluding hydrogens is 339 g/mol. The maximum atomic E-state index is 14.5. The fraction of sp³-hybridized carbons (Fsp3) is 0.250. The molecule has 0 bridgehead atoms. The van der Waals surface area contributed by atoms with Gasteiger partial charge in [-0.15, -0.1) is 0 Å². The molecule has 4 rings (SSSR count). The van der Waals surface area contributed by atoms with Gasteiger partial charge in [-0.2, -0.15) is 0 Å². The Balaban J connectivity index is 1.65. The van der Waals surface area contributed by atoms with Crippen LogP contribution >= 0.6 is 11.6 Å². The smallest absolute Gasteiger partial charge is 0.165 e. The number of ether oxygens (including phenoxy) is 1. The molecule has 0 aliphatic carbocycles. The minimum Gasteiger partial charge on any atom is -0.487 e. The van der Waals surface area contributed by atoms with E-state index < -0.39 is 0 Å². The minimum atomic E-state index is -0.367. The summed E-state index contributed by atoms with van der Waals surface area (Å²) < 4.78 is 20.4. The van der Waals surface area contributed by atoms with E-state index >= 15 is 0 Å². The Morgan fingerprint density at radius 1 is 1.12 bits per heavy atom. The summed E-state index contributed by atoms with van der Waals surface area (Å²) in [7, 11) is 0. The van der Waals surface area contributed by atoms with Crippen LogP contribution in [0, 0.1) is 5.82 Å². The SMILES string of the molecule is Fc1cc(-c2ccc3cccnc3c2Cl)ccc1OC1CCNCC1. The third kappa shape index (κ3) is 3.32. The van der Waals surface area contributed by atoms with Gasteiger partial charge in [0.2, 0.25) is 0 Å². The molecule has 0 atom stereocenters. The molecule has 1 N–H and O–H groups in total. The van der Waals surface area contributed by atoms with Crippen LogP contribution in [0.3, 0.4) is 0 Å². The summed E-state index contributed by atoms with van der Waals surface area (Å²) in [5.41, 5.74) is 2.20. The zero-order valence-corrected chi connectivity index (χ0v) is 14.4. The standard InChI is InChI=1S/C20H18ClFN2O/c21-19-16(5-3-13-2-1-9-24-20(13)19)14-4-6-18(17(22)12-14)25-15-7-10-23-11-8-15/h1-6,9,12,15,23H,7-8,10-11H2. The summed E-state index contributed by atoms with van der Waals surface area (Å²) in [6.07, 6.45) is 3.55. The third-order valence-electron chi connectivity index (χ3n) is 4.54. The predicted octanol–water partition coefficient (Wildman–Crippen LogP) is 4.83. The highest BCUT2D eigenvalue weighted by atomic mass is 35.5. The number of fused-ring (bicyclic) bond motifs is 1. The lowest BCUT2D eigenvalue weighted by molar-refractivity contribution is 0.156. The quantitative estimate of drug-likeness (QED) is 0.730. The van der Waals surface area contributed by atoms with E-state index in [-0.39, 0.29) is 11.9 Å². The van der Waals surface area contributed by atoms with E-state index in [1.165, 1.54) is 6.07 Å². The molecule has 0 radical (unpaired) electrons. The normalized spacial score (nSPS) is 15.4. The summed E-state index contributed by atoms with van der Waals surface area (Å²) in [5.74, 6) is -0.0705. The van der Waals surface area contributed by atoms with Gasteiger partial charge in [-0.3, -0.25) is 4.98 Å². The Morgan fingerprint density at radius 3 is 2.76 bits per heavy atom. The van der Waals surface area contributed by atoms with Crippen LogP contribution in [0.25, 0.3) is 22.0 Å². The molecule has 1 saturated heterocycles. The van der Waals surface area contributed by atoms with E-state index in [1.807, 2.05) is 30.3 Å². The van der Waals surface area contributed by atoms with Crippen molar-refractivity contribution in [3.8, 4) is 16.9 Å². The number of pyridine rings is 1. The highest BCUT2D eigenvalue weighted by Gasteiger charge is 2.17. The predicted molar refractivity (Wildman–Crippen MR) is 98.7 cm³/mol. The van der Waals surface area contributed by atoms with Gasteiger partial charge in [0.15, 0.2) is 11.6 Å². The minimum absolute atomic E-state index is 0.0649. The number of halogens is 2. The van der Waals surface area contributed by atoms with Crippen molar-refractivity contribution in [2.75, 3.05) is 13.1 Å². The Kier molecular flexibility index (Phi) is 4.55. The molecular formula is C20H18ClFN2O. The van der Waals surface area contributed by atoms with Gasteiger partial charge >= 0.3 is 0 Å². The van der Waals surface area contributed by atoms with Crippen LogP contribution in [0.1, 0.15) is 12.8 Å². The van der Waals surface area contributed by atoms with Crippen molar-refractivity contribution in [3.63, 3.8) is 0 Å². The van der Waals surface area contributed by atoms with E-state index in [9.17, 15) is 4.39 Å². The van der Waals surface area contributed by atoms with Crippen molar-refractivity contribution >= 4 is 22.5 Å². The second-order valence-electron chi connectivity index (χ2n) is 6.21. The van der Waals surface area contributed by atoms with Crippen LogP contribution in [-0.4, -0.2) is 24.2 Å². The molecule has 3 nitrogen and oxygen atoms in total. The lowest BCUT2D eigenvalue weighted by atomic mass is 10.0. The lowest BCUT2D eigenvalue weighted by Gasteiger charge is -2.24. The van der Waals surface area contributed by atoms with Crippen LogP contribution in [-0.2, 0) is 0 Å². The first-order valence-corrected chi connectivity index (χ1v) is 8.81. The number of benzene rings is 2. The average Bonchev–Trinajstić information content (AvgIpc) is 2.65. The Bertz CT molecular complexity index is 909. The van der Waals surface area contributed by atoms with Crippen molar-refractivity contribution in [2.24, 2.45) is 0 Å². The summed E-state index contributed by atoms with van der Waals surface area (Å²) in [4.78, 5) is 4.33. The van der Waals surface area contributed by atoms with E-state index in [4.69, 9.17) is 16.3 Å². The molecule has 0 amide bonds. The molecule has 3 aromatic rings. The fourth-order valence-corrected chi connectivity index (χ4v) is 3.52. The third-order valence-corrected chi connectivity index (χ3v) is 4.92. The molecule has 1 aliphatic heterocycles. The van der Waals surface area contributed by atoms with E-state index in [0.29, 0.717) is 16.3 Å². The van der Waals surface area contributed by atoms with Crippen molar-refractivity contribution in [2.45, 2.75) is 18.9 Å². The van der Waals surface area contributed by atoms with Gasteiger partial charge in [0.05, 0.1) is 10.5 Å². The molecule has 25 heavy (non-hydrogen) atoms. The monoisotopic (exact) mass is 356 g/mol. The molecule has 2 heterocycles. The Hall–Kier alpha value is -2.17. The maximum absolute atomic E-state index is 14.5. The summed E-state index contributed by atoms with van der Waals surface area (Å²) >= 11 is 6.50. The van der Waals surface area contributed by atoms with E-state index in [0.717, 1.165) is 42.4 Å².